The van der Waals surface area contributed by atoms with Crippen LogP contribution in [0.1, 0.15) is 31.9 Å². The van der Waals surface area contributed by atoms with Gasteiger partial charge >= 0.3 is 0 Å². The van der Waals surface area contributed by atoms with Crippen LogP contribution in [0.25, 0.3) is 0 Å². The van der Waals surface area contributed by atoms with Gasteiger partial charge in [0.05, 0.1) is 25.5 Å². The normalized spacial score (nSPS) is 17.0. The molecule has 0 aromatic carbocycles. The van der Waals surface area contributed by atoms with Crippen molar-refractivity contribution in [3.63, 3.8) is 0 Å². The third-order valence-electron chi connectivity index (χ3n) is 4.01. The second-order valence-electron chi connectivity index (χ2n) is 5.94. The van der Waals surface area contributed by atoms with Crippen LogP contribution in [-0.4, -0.2) is 59.8 Å². The lowest BCUT2D eigenvalue weighted by molar-refractivity contribution is -0.140. The van der Waals surface area contributed by atoms with Gasteiger partial charge in [0.25, 0.3) is 0 Å². The number of rotatable bonds is 9. The monoisotopic (exact) mass is 356 g/mol. The minimum atomic E-state index is -0.220. The Kier molecular flexibility index (Phi) is 7.59. The first kappa shape index (κ1) is 18.8. The Balaban J connectivity index is 2.02. The molecule has 2 rings (SSSR count). The Morgan fingerprint density at radius 1 is 1.33 bits per heavy atom. The van der Waals surface area contributed by atoms with Gasteiger partial charge in [-0.2, -0.15) is 0 Å². The molecule has 2 heterocycles. The molecule has 6 nitrogen and oxygen atoms in total. The first-order valence-corrected chi connectivity index (χ1v) is 8.93. The Bertz CT molecular complexity index is 515. The molecule has 1 aliphatic heterocycles. The second kappa shape index (κ2) is 9.69. The summed E-state index contributed by atoms with van der Waals surface area (Å²) in [6, 6.07) is 3.63. The summed E-state index contributed by atoms with van der Waals surface area (Å²) in [4.78, 5) is 27.9. The minimum absolute atomic E-state index is 0.0345. The molecule has 0 aliphatic carbocycles. The second-order valence-corrected chi connectivity index (χ2v) is 6.20. The predicted molar refractivity (Wildman–Crippen MR) is 90.7 cm³/mol. The Morgan fingerprint density at radius 2 is 2.17 bits per heavy atom. The van der Waals surface area contributed by atoms with E-state index in [-0.39, 0.29) is 30.3 Å². The van der Waals surface area contributed by atoms with Crippen LogP contribution < -0.4 is 0 Å². The van der Waals surface area contributed by atoms with Crippen molar-refractivity contribution in [1.29, 1.82) is 0 Å². The van der Waals surface area contributed by atoms with Crippen LogP contribution in [0.2, 0.25) is 0 Å². The third-order valence-corrected chi connectivity index (χ3v) is 4.24. The molecule has 134 valence electrons. The van der Waals surface area contributed by atoms with Gasteiger partial charge in [0.2, 0.25) is 11.8 Å². The molecule has 1 atom stereocenters. The maximum Gasteiger partial charge on any atom is 0.242 e. The molecule has 1 aliphatic rings. The van der Waals surface area contributed by atoms with Gasteiger partial charge in [0.15, 0.2) is 0 Å². The number of halogens is 1. The van der Waals surface area contributed by atoms with E-state index >= 15 is 0 Å². The summed E-state index contributed by atoms with van der Waals surface area (Å²) < 4.78 is 11.0. The molecule has 0 N–H and O–H groups in total. The first-order valence-electron chi connectivity index (χ1n) is 8.39. The van der Waals surface area contributed by atoms with Gasteiger partial charge in [-0.15, -0.1) is 11.6 Å². The van der Waals surface area contributed by atoms with E-state index in [9.17, 15) is 9.59 Å². The number of furan rings is 1. The highest BCUT2D eigenvalue weighted by atomic mass is 35.5. The number of carbonyl (C=O) groups excluding carboxylic acids is 2. The molecule has 1 fully saturated rings. The topological polar surface area (TPSA) is 63.0 Å². The highest BCUT2D eigenvalue weighted by molar-refractivity contribution is 6.27. The van der Waals surface area contributed by atoms with Gasteiger partial charge in [-0.3, -0.25) is 9.59 Å². The SMILES string of the molecule is CCCN(CC(=O)N(Cc1ccco1)C[C@@H]1CCCO1)C(=O)CCl. The number of ether oxygens (including phenoxy) is 1. The maximum atomic E-state index is 12.8. The molecule has 0 spiro atoms. The number of nitrogens with zero attached hydrogens (tertiary/aromatic N) is 2. The summed E-state index contributed by atoms with van der Waals surface area (Å²) in [6.07, 6.45) is 4.37. The van der Waals surface area contributed by atoms with Crippen LogP contribution in [0, 0.1) is 0 Å². The van der Waals surface area contributed by atoms with Gasteiger partial charge in [0, 0.05) is 19.7 Å². The zero-order valence-corrected chi connectivity index (χ0v) is 14.8. The van der Waals surface area contributed by atoms with Crippen LogP contribution >= 0.6 is 11.6 Å². The van der Waals surface area contributed by atoms with E-state index in [0.29, 0.717) is 25.4 Å². The molecule has 1 saturated heterocycles. The molecular weight excluding hydrogens is 332 g/mol. The molecule has 24 heavy (non-hydrogen) atoms. The molecule has 1 aromatic rings. The average molecular weight is 357 g/mol. The van der Waals surface area contributed by atoms with Gasteiger partial charge in [0.1, 0.15) is 11.6 Å². The van der Waals surface area contributed by atoms with Crippen LogP contribution in [0.3, 0.4) is 0 Å². The van der Waals surface area contributed by atoms with E-state index in [2.05, 4.69) is 0 Å². The van der Waals surface area contributed by atoms with Crippen LogP contribution in [0.5, 0.6) is 0 Å². The van der Waals surface area contributed by atoms with Gasteiger partial charge in [-0.05, 0) is 31.4 Å². The molecule has 0 bridgehead atoms. The Morgan fingerprint density at radius 3 is 2.75 bits per heavy atom. The van der Waals surface area contributed by atoms with Crippen molar-refractivity contribution in [2.45, 2.75) is 38.8 Å². The zero-order chi connectivity index (χ0) is 17.4. The van der Waals surface area contributed by atoms with Gasteiger partial charge in [-0.1, -0.05) is 6.92 Å². The predicted octanol–water partition coefficient (Wildman–Crippen LogP) is 2.26. The minimum Gasteiger partial charge on any atom is -0.467 e. The smallest absolute Gasteiger partial charge is 0.242 e. The fourth-order valence-corrected chi connectivity index (χ4v) is 2.96. The highest BCUT2D eigenvalue weighted by Gasteiger charge is 2.25. The van der Waals surface area contributed by atoms with E-state index in [1.54, 1.807) is 17.2 Å². The van der Waals surface area contributed by atoms with E-state index in [4.69, 9.17) is 20.8 Å². The highest BCUT2D eigenvalue weighted by Crippen LogP contribution is 2.16. The number of hydrogen-bond acceptors (Lipinski definition) is 4. The fourth-order valence-electron chi connectivity index (χ4n) is 2.79. The zero-order valence-electron chi connectivity index (χ0n) is 14.1. The summed E-state index contributed by atoms with van der Waals surface area (Å²) in [6.45, 7) is 4.14. The molecule has 1 aromatic heterocycles. The standard InChI is InChI=1S/C17H25ClN2O4/c1-2-7-19(16(21)10-18)13-17(22)20(11-14-5-3-8-23-14)12-15-6-4-9-24-15/h3,5,8,15H,2,4,6-7,9-13H2,1H3/t15-/m0/s1. The van der Waals surface area contributed by atoms with E-state index in [1.807, 2.05) is 13.0 Å². The lowest BCUT2D eigenvalue weighted by Crippen LogP contribution is -2.45. The van der Waals surface area contributed by atoms with Crippen molar-refractivity contribution in [2.24, 2.45) is 0 Å². The molecule has 2 amide bonds. The van der Waals surface area contributed by atoms with E-state index < -0.39 is 0 Å². The van der Waals surface area contributed by atoms with Crippen molar-refractivity contribution >= 4 is 23.4 Å². The number of hydrogen-bond donors (Lipinski definition) is 0. The third kappa shape index (κ3) is 5.53. The first-order chi connectivity index (χ1) is 11.6. The number of carbonyl (C=O) groups is 2. The molecular formula is C17H25ClN2O4. The van der Waals surface area contributed by atoms with Crippen LogP contribution in [0.15, 0.2) is 22.8 Å². The van der Waals surface area contributed by atoms with E-state index in [0.717, 1.165) is 25.9 Å². The van der Waals surface area contributed by atoms with Crippen LogP contribution in [-0.2, 0) is 20.9 Å². The molecule has 0 saturated carbocycles. The Hall–Kier alpha value is -1.53. The largest absolute Gasteiger partial charge is 0.467 e. The Labute approximate surface area is 147 Å². The van der Waals surface area contributed by atoms with Gasteiger partial charge < -0.3 is 19.0 Å². The summed E-state index contributed by atoms with van der Waals surface area (Å²) in [5, 5.41) is 0. The lowest BCUT2D eigenvalue weighted by Gasteiger charge is -2.28. The van der Waals surface area contributed by atoms with Gasteiger partial charge in [-0.25, -0.2) is 0 Å². The van der Waals surface area contributed by atoms with Crippen molar-refractivity contribution < 1.29 is 18.7 Å². The van der Waals surface area contributed by atoms with Crippen molar-refractivity contribution in [2.75, 3.05) is 32.1 Å². The lowest BCUT2D eigenvalue weighted by atomic mass is 10.2. The van der Waals surface area contributed by atoms with Crippen molar-refractivity contribution in [1.82, 2.24) is 9.80 Å². The van der Waals surface area contributed by atoms with E-state index in [1.165, 1.54) is 4.90 Å². The summed E-state index contributed by atoms with van der Waals surface area (Å²) >= 11 is 5.65. The summed E-state index contributed by atoms with van der Waals surface area (Å²) in [7, 11) is 0. The quantitative estimate of drug-likeness (QED) is 0.637. The maximum absolute atomic E-state index is 12.8. The van der Waals surface area contributed by atoms with Crippen LogP contribution in [0.4, 0.5) is 0 Å². The molecule has 0 radical (unpaired) electrons. The molecule has 7 heteroatoms. The number of amides is 2. The molecule has 0 unspecified atom stereocenters. The van der Waals surface area contributed by atoms with Crippen molar-refractivity contribution in [3.05, 3.63) is 24.2 Å². The average Bonchev–Trinajstić information content (AvgIpc) is 3.26. The van der Waals surface area contributed by atoms with Crippen molar-refractivity contribution in [3.8, 4) is 0 Å². The fraction of sp³-hybridized carbons (Fsp3) is 0.647. The summed E-state index contributed by atoms with van der Waals surface area (Å²) in [5.74, 6) is 0.264. The summed E-state index contributed by atoms with van der Waals surface area (Å²) in [5.41, 5.74) is 0. The number of alkyl halides is 1.